The van der Waals surface area contributed by atoms with Crippen molar-refractivity contribution in [2.75, 3.05) is 4.90 Å². The van der Waals surface area contributed by atoms with E-state index < -0.39 is 17.7 Å². The number of hydrogen-bond acceptors (Lipinski definition) is 9. The Balaban J connectivity index is 1.31. The van der Waals surface area contributed by atoms with E-state index in [1.165, 1.54) is 40.1 Å². The molecule has 2 N–H and O–H groups in total. The van der Waals surface area contributed by atoms with Crippen LogP contribution in [0.5, 0.6) is 11.5 Å². The molecule has 0 aliphatic carbocycles. The molecule has 0 radical (unpaired) electrons. The second-order valence-corrected chi connectivity index (χ2v) is 12.3. The van der Waals surface area contributed by atoms with E-state index >= 15 is 0 Å². The van der Waals surface area contributed by atoms with Crippen LogP contribution in [0, 0.1) is 6.92 Å². The Morgan fingerprint density at radius 1 is 0.932 bits per heavy atom. The number of aromatic hydroxyl groups is 1. The first-order valence-electron chi connectivity index (χ1n) is 13.8. The van der Waals surface area contributed by atoms with Gasteiger partial charge in [-0.05, 0) is 65.6 Å². The zero-order valence-corrected chi connectivity index (χ0v) is 25.2. The molecule has 44 heavy (non-hydrogen) atoms. The molecule has 5 aromatic rings. The van der Waals surface area contributed by atoms with Gasteiger partial charge in [0, 0.05) is 11.3 Å². The van der Waals surface area contributed by atoms with Crippen LogP contribution in [0.25, 0.3) is 5.76 Å². The number of thioether (sulfide) groups is 1. The molecule has 0 saturated carbocycles. The fourth-order valence-corrected chi connectivity index (χ4v) is 6.74. The highest BCUT2D eigenvalue weighted by Crippen LogP contribution is 2.44. The van der Waals surface area contributed by atoms with Gasteiger partial charge in [0.1, 0.15) is 23.9 Å². The van der Waals surface area contributed by atoms with Crippen LogP contribution >= 0.6 is 23.1 Å². The number of phenolic OH excluding ortho intramolecular Hbond substituents is 1. The van der Waals surface area contributed by atoms with E-state index in [1.54, 1.807) is 36.4 Å². The SMILES string of the molecule is Cc1ccccc1COc1ccc(/C(O)=C2\C(=O)C(=O)N(c3nnc(SCc4ccccc4)s3)C2c2cccc(O)c2)cc1. The summed E-state index contributed by atoms with van der Waals surface area (Å²) in [6, 6.07) is 29.8. The van der Waals surface area contributed by atoms with Gasteiger partial charge in [-0.1, -0.05) is 89.8 Å². The highest BCUT2D eigenvalue weighted by molar-refractivity contribution is 8.00. The van der Waals surface area contributed by atoms with E-state index in [0.29, 0.717) is 33.6 Å². The van der Waals surface area contributed by atoms with Crippen molar-refractivity contribution in [3.63, 3.8) is 0 Å². The van der Waals surface area contributed by atoms with Gasteiger partial charge in [-0.2, -0.15) is 0 Å². The standard InChI is InChI=1S/C34H27N3O5S2/c1-21-8-5-6-11-25(21)19-42-27-16-14-23(15-17-27)30(39)28-29(24-12-7-13-26(38)18-24)37(32(41)31(28)40)33-35-36-34(44-33)43-20-22-9-3-2-4-10-22/h2-18,29,38-39H,19-20H2,1H3/b30-28+. The summed E-state index contributed by atoms with van der Waals surface area (Å²) in [6.07, 6.45) is 0. The summed E-state index contributed by atoms with van der Waals surface area (Å²) in [7, 11) is 0. The molecule has 6 rings (SSSR count). The Kier molecular flexibility index (Phi) is 8.44. The lowest BCUT2D eigenvalue weighted by Crippen LogP contribution is -2.29. The molecule has 1 saturated heterocycles. The number of nitrogens with zero attached hydrogens (tertiary/aromatic N) is 3. The maximum absolute atomic E-state index is 13.5. The average Bonchev–Trinajstić information content (AvgIpc) is 3.61. The van der Waals surface area contributed by atoms with Crippen molar-refractivity contribution in [1.82, 2.24) is 10.2 Å². The Labute approximate surface area is 262 Å². The van der Waals surface area contributed by atoms with Gasteiger partial charge in [0.25, 0.3) is 5.78 Å². The number of carbonyl (C=O) groups excluding carboxylic acids is 2. The van der Waals surface area contributed by atoms with Crippen molar-refractivity contribution in [3.8, 4) is 11.5 Å². The molecule has 1 aromatic heterocycles. The Hall–Kier alpha value is -4.93. The average molecular weight is 622 g/mol. The molecule has 4 aromatic carbocycles. The monoisotopic (exact) mass is 621 g/mol. The maximum Gasteiger partial charge on any atom is 0.301 e. The van der Waals surface area contributed by atoms with Crippen LogP contribution in [0.3, 0.4) is 0 Å². The van der Waals surface area contributed by atoms with Crippen molar-refractivity contribution in [2.24, 2.45) is 0 Å². The van der Waals surface area contributed by atoms with Crippen LogP contribution in [-0.2, 0) is 21.9 Å². The fourth-order valence-electron chi connectivity index (χ4n) is 4.92. The molecule has 0 spiro atoms. The third kappa shape index (κ3) is 6.08. The number of anilines is 1. The first-order valence-corrected chi connectivity index (χ1v) is 15.6. The lowest BCUT2D eigenvalue weighted by atomic mass is 9.95. The first kappa shape index (κ1) is 29.2. The summed E-state index contributed by atoms with van der Waals surface area (Å²) in [6.45, 7) is 2.40. The van der Waals surface area contributed by atoms with Crippen molar-refractivity contribution in [1.29, 1.82) is 0 Å². The number of aliphatic hydroxyl groups excluding tert-OH is 1. The minimum Gasteiger partial charge on any atom is -0.508 e. The third-order valence-corrected chi connectivity index (χ3v) is 9.35. The van der Waals surface area contributed by atoms with Gasteiger partial charge in [0.05, 0.1) is 11.6 Å². The summed E-state index contributed by atoms with van der Waals surface area (Å²) in [5.74, 6) is -0.829. The molecule has 1 aliphatic rings. The van der Waals surface area contributed by atoms with E-state index in [2.05, 4.69) is 10.2 Å². The van der Waals surface area contributed by atoms with Crippen molar-refractivity contribution >= 4 is 45.7 Å². The van der Waals surface area contributed by atoms with Gasteiger partial charge >= 0.3 is 5.91 Å². The predicted octanol–water partition coefficient (Wildman–Crippen LogP) is 7.05. The van der Waals surface area contributed by atoms with E-state index in [9.17, 15) is 19.8 Å². The number of benzene rings is 4. The molecule has 220 valence electrons. The first-order chi connectivity index (χ1) is 21.4. The smallest absolute Gasteiger partial charge is 0.301 e. The number of ether oxygens (including phenoxy) is 1. The molecule has 0 bridgehead atoms. The zero-order valence-electron chi connectivity index (χ0n) is 23.6. The quantitative estimate of drug-likeness (QED) is 0.0592. The zero-order chi connectivity index (χ0) is 30.6. The number of aromatic nitrogens is 2. The van der Waals surface area contributed by atoms with Gasteiger partial charge in [-0.25, -0.2) is 0 Å². The third-order valence-electron chi connectivity index (χ3n) is 7.22. The molecule has 1 atom stereocenters. The number of amides is 1. The molecule has 1 fully saturated rings. The van der Waals surface area contributed by atoms with Gasteiger partial charge < -0.3 is 14.9 Å². The van der Waals surface area contributed by atoms with Crippen LogP contribution in [0.4, 0.5) is 5.13 Å². The molecular formula is C34H27N3O5S2. The molecule has 1 unspecified atom stereocenters. The number of ketones is 1. The van der Waals surface area contributed by atoms with Crippen molar-refractivity contribution < 1.29 is 24.5 Å². The van der Waals surface area contributed by atoms with Crippen molar-refractivity contribution in [2.45, 2.75) is 29.7 Å². The highest BCUT2D eigenvalue weighted by atomic mass is 32.2. The van der Waals surface area contributed by atoms with E-state index in [0.717, 1.165) is 16.7 Å². The van der Waals surface area contributed by atoms with Crippen LogP contribution < -0.4 is 9.64 Å². The Morgan fingerprint density at radius 3 is 2.43 bits per heavy atom. The van der Waals surface area contributed by atoms with Crippen LogP contribution in [0.1, 0.15) is 33.9 Å². The molecular weight excluding hydrogens is 595 g/mol. The number of aryl methyl sites for hydroxylation is 1. The second kappa shape index (κ2) is 12.7. The molecule has 8 nitrogen and oxygen atoms in total. The van der Waals surface area contributed by atoms with Gasteiger partial charge in [-0.3, -0.25) is 14.5 Å². The van der Waals surface area contributed by atoms with Crippen LogP contribution in [-0.4, -0.2) is 32.1 Å². The molecule has 1 aliphatic heterocycles. The summed E-state index contributed by atoms with van der Waals surface area (Å²) in [5, 5.41) is 30.4. The topological polar surface area (TPSA) is 113 Å². The Bertz CT molecular complexity index is 1850. The minimum absolute atomic E-state index is 0.0420. The number of rotatable bonds is 9. The van der Waals surface area contributed by atoms with Gasteiger partial charge in [-0.15, -0.1) is 10.2 Å². The fraction of sp³-hybridized carbons (Fsp3) is 0.118. The largest absolute Gasteiger partial charge is 0.508 e. The predicted molar refractivity (Wildman–Crippen MR) is 171 cm³/mol. The van der Waals surface area contributed by atoms with E-state index in [4.69, 9.17) is 4.74 Å². The number of aliphatic hydroxyl groups is 1. The molecule has 1 amide bonds. The second-order valence-electron chi connectivity index (χ2n) is 10.1. The summed E-state index contributed by atoms with van der Waals surface area (Å²) >= 11 is 2.66. The number of hydrogen-bond donors (Lipinski definition) is 2. The van der Waals surface area contributed by atoms with Crippen LogP contribution in [0.2, 0.25) is 0 Å². The number of Topliss-reactive ketones (excluding diaryl/α,β-unsaturated/α-hetero) is 1. The van der Waals surface area contributed by atoms with Gasteiger partial charge in [0.2, 0.25) is 5.13 Å². The summed E-state index contributed by atoms with van der Waals surface area (Å²) in [5.41, 5.74) is 3.97. The van der Waals surface area contributed by atoms with E-state index in [1.807, 2.05) is 61.5 Å². The maximum atomic E-state index is 13.5. The lowest BCUT2D eigenvalue weighted by Gasteiger charge is -2.22. The summed E-state index contributed by atoms with van der Waals surface area (Å²) < 4.78 is 6.56. The Morgan fingerprint density at radius 2 is 1.68 bits per heavy atom. The van der Waals surface area contributed by atoms with Crippen LogP contribution in [0.15, 0.2) is 113 Å². The highest BCUT2D eigenvalue weighted by Gasteiger charge is 2.48. The molecule has 10 heteroatoms. The minimum atomic E-state index is -1.03. The number of carbonyl (C=O) groups is 2. The molecule has 2 heterocycles. The van der Waals surface area contributed by atoms with Gasteiger partial charge in [0.15, 0.2) is 4.34 Å². The summed E-state index contributed by atoms with van der Waals surface area (Å²) in [4.78, 5) is 28.2. The van der Waals surface area contributed by atoms with Crippen molar-refractivity contribution in [3.05, 3.63) is 137 Å². The van der Waals surface area contributed by atoms with E-state index in [-0.39, 0.29) is 22.2 Å². The normalized spacial score (nSPS) is 15.9. The number of phenols is 1. The lowest BCUT2D eigenvalue weighted by molar-refractivity contribution is -0.132.